The van der Waals surface area contributed by atoms with Crippen molar-refractivity contribution in [2.24, 2.45) is 5.10 Å². The average molecular weight is 319 g/mol. The number of carbonyl (C=O) groups excluding carboxylic acids is 1. The Kier molecular flexibility index (Phi) is 4.85. The van der Waals surface area contributed by atoms with E-state index in [4.69, 9.17) is 0 Å². The summed E-state index contributed by atoms with van der Waals surface area (Å²) in [6, 6.07) is 3.87. The van der Waals surface area contributed by atoms with E-state index in [1.807, 2.05) is 19.1 Å². The van der Waals surface area contributed by atoms with E-state index in [0.717, 1.165) is 14.4 Å². The largest absolute Gasteiger partial charge is 0.381 e. The van der Waals surface area contributed by atoms with Crippen molar-refractivity contribution in [2.45, 2.75) is 32.8 Å². The molecule has 0 unspecified atom stereocenters. The molecule has 4 nitrogen and oxygen atoms in total. The fourth-order valence-electron chi connectivity index (χ4n) is 1.03. The lowest BCUT2D eigenvalue weighted by Gasteiger charge is -2.14. The number of hydrazone groups is 1. The van der Waals surface area contributed by atoms with Crippen molar-refractivity contribution in [3.63, 3.8) is 0 Å². The van der Waals surface area contributed by atoms with E-state index in [0.29, 0.717) is 6.42 Å². The average Bonchev–Trinajstić information content (AvgIpc) is 2.64. The number of amides is 1. The van der Waals surface area contributed by atoms with E-state index >= 15 is 0 Å². The van der Waals surface area contributed by atoms with Crippen LogP contribution in [-0.2, 0) is 4.79 Å². The number of hydrogen-bond acceptors (Lipinski definition) is 4. The van der Waals surface area contributed by atoms with Crippen molar-refractivity contribution < 1.29 is 9.90 Å². The second kappa shape index (κ2) is 5.75. The zero-order valence-corrected chi connectivity index (χ0v) is 12.4. The molecule has 0 aliphatic heterocycles. The maximum atomic E-state index is 11.4. The third-order valence-electron chi connectivity index (χ3n) is 2.04. The smallest absolute Gasteiger partial charge is 0.271 e. The maximum Gasteiger partial charge on any atom is 0.271 e. The topological polar surface area (TPSA) is 61.7 Å². The van der Waals surface area contributed by atoms with Crippen LogP contribution in [0.4, 0.5) is 0 Å². The number of thiophene rings is 1. The molecule has 6 heteroatoms. The summed E-state index contributed by atoms with van der Waals surface area (Å²) in [6.07, 6.45) is 0.707. The molecule has 1 aromatic heterocycles. The molecule has 1 rings (SSSR count). The second-order valence-corrected chi connectivity index (χ2v) is 6.48. The van der Waals surface area contributed by atoms with Gasteiger partial charge in [-0.25, -0.2) is 5.43 Å². The number of nitrogens with zero attached hydrogens (tertiary/aromatic N) is 1. The normalized spacial score (nSPS) is 12.6. The van der Waals surface area contributed by atoms with Crippen molar-refractivity contribution in [1.29, 1.82) is 0 Å². The molecule has 0 spiro atoms. The maximum absolute atomic E-state index is 11.4. The highest BCUT2D eigenvalue weighted by Gasteiger charge is 2.23. The number of halogens is 1. The molecule has 1 amide bonds. The Labute approximate surface area is 113 Å². The van der Waals surface area contributed by atoms with Gasteiger partial charge in [-0.3, -0.25) is 4.79 Å². The molecule has 0 atom stereocenters. The molecule has 1 heterocycles. The first kappa shape index (κ1) is 14.3. The van der Waals surface area contributed by atoms with Crippen LogP contribution in [0.25, 0.3) is 0 Å². The molecule has 0 bridgehead atoms. The highest BCUT2D eigenvalue weighted by Crippen LogP contribution is 2.23. The Morgan fingerprint density at radius 2 is 2.24 bits per heavy atom. The number of rotatable bonds is 4. The van der Waals surface area contributed by atoms with Gasteiger partial charge in [-0.15, -0.1) is 11.3 Å². The SMILES string of the molecule is CC/C(=N\NC(=O)C(C)(C)O)c1ccc(Br)s1. The Morgan fingerprint density at radius 1 is 1.59 bits per heavy atom. The zero-order valence-electron chi connectivity index (χ0n) is 9.95. The predicted octanol–water partition coefficient (Wildman–Crippen LogP) is 2.51. The van der Waals surface area contributed by atoms with Gasteiger partial charge in [0.15, 0.2) is 0 Å². The summed E-state index contributed by atoms with van der Waals surface area (Å²) in [4.78, 5) is 12.4. The van der Waals surface area contributed by atoms with Crippen LogP contribution in [0.3, 0.4) is 0 Å². The highest BCUT2D eigenvalue weighted by atomic mass is 79.9. The number of aliphatic hydroxyl groups is 1. The Hall–Kier alpha value is -0.720. The summed E-state index contributed by atoms with van der Waals surface area (Å²) < 4.78 is 1.02. The molecule has 0 radical (unpaired) electrons. The van der Waals surface area contributed by atoms with Gasteiger partial charge in [-0.1, -0.05) is 6.92 Å². The minimum Gasteiger partial charge on any atom is -0.381 e. The molecule has 2 N–H and O–H groups in total. The number of nitrogens with one attached hydrogen (secondary N) is 1. The van der Waals surface area contributed by atoms with Gasteiger partial charge >= 0.3 is 0 Å². The van der Waals surface area contributed by atoms with Crippen LogP contribution in [0.15, 0.2) is 21.0 Å². The fraction of sp³-hybridized carbons (Fsp3) is 0.455. The molecular weight excluding hydrogens is 304 g/mol. The van der Waals surface area contributed by atoms with E-state index in [9.17, 15) is 9.90 Å². The van der Waals surface area contributed by atoms with Crippen LogP contribution in [-0.4, -0.2) is 22.3 Å². The van der Waals surface area contributed by atoms with E-state index < -0.39 is 11.5 Å². The van der Waals surface area contributed by atoms with Crippen molar-refractivity contribution in [3.05, 3.63) is 20.8 Å². The zero-order chi connectivity index (χ0) is 13.1. The van der Waals surface area contributed by atoms with Crippen LogP contribution < -0.4 is 5.43 Å². The van der Waals surface area contributed by atoms with Crippen molar-refractivity contribution >= 4 is 38.9 Å². The summed E-state index contributed by atoms with van der Waals surface area (Å²) in [5.41, 5.74) is 1.74. The van der Waals surface area contributed by atoms with Gasteiger partial charge < -0.3 is 5.11 Å². The molecule has 0 fully saturated rings. The second-order valence-electron chi connectivity index (χ2n) is 4.02. The van der Waals surface area contributed by atoms with Crippen LogP contribution in [0.5, 0.6) is 0 Å². The highest BCUT2D eigenvalue weighted by molar-refractivity contribution is 9.11. The first-order valence-electron chi connectivity index (χ1n) is 5.19. The van der Waals surface area contributed by atoms with Crippen LogP contribution >= 0.6 is 27.3 Å². The summed E-state index contributed by atoms with van der Waals surface area (Å²) in [5.74, 6) is -0.515. The van der Waals surface area contributed by atoms with Gasteiger partial charge in [-0.2, -0.15) is 5.10 Å². The van der Waals surface area contributed by atoms with E-state index in [1.54, 1.807) is 11.3 Å². The Balaban J connectivity index is 2.79. The molecule has 0 saturated heterocycles. The summed E-state index contributed by atoms with van der Waals surface area (Å²) >= 11 is 4.93. The van der Waals surface area contributed by atoms with E-state index in [-0.39, 0.29) is 0 Å². The Bertz CT molecular complexity index is 435. The minimum atomic E-state index is -1.42. The van der Waals surface area contributed by atoms with Gasteiger partial charge in [0.1, 0.15) is 5.60 Å². The standard InChI is InChI=1S/C11H15BrN2O2S/c1-4-7(8-5-6-9(12)17-8)13-14-10(15)11(2,3)16/h5-6,16H,4H2,1-3H3,(H,14,15)/b13-7+. The monoisotopic (exact) mass is 318 g/mol. The van der Waals surface area contributed by atoms with Crippen LogP contribution in [0.2, 0.25) is 0 Å². The van der Waals surface area contributed by atoms with Gasteiger partial charge in [-0.05, 0) is 48.3 Å². The van der Waals surface area contributed by atoms with E-state index in [2.05, 4.69) is 26.5 Å². The van der Waals surface area contributed by atoms with Crippen molar-refractivity contribution in [2.75, 3.05) is 0 Å². The lowest BCUT2D eigenvalue weighted by molar-refractivity contribution is -0.136. The number of hydrogen-bond donors (Lipinski definition) is 2. The minimum absolute atomic E-state index is 0.515. The van der Waals surface area contributed by atoms with Gasteiger partial charge in [0.2, 0.25) is 0 Å². The fourth-order valence-corrected chi connectivity index (χ4v) is 2.48. The Morgan fingerprint density at radius 3 is 2.65 bits per heavy atom. The van der Waals surface area contributed by atoms with E-state index in [1.165, 1.54) is 13.8 Å². The van der Waals surface area contributed by atoms with Crippen LogP contribution in [0.1, 0.15) is 32.1 Å². The lowest BCUT2D eigenvalue weighted by atomic mass is 10.1. The molecule has 0 saturated carbocycles. The molecule has 0 aromatic carbocycles. The summed E-state index contributed by atoms with van der Waals surface area (Å²) in [6.45, 7) is 4.80. The molecular formula is C11H15BrN2O2S. The summed E-state index contributed by atoms with van der Waals surface area (Å²) in [5, 5.41) is 13.5. The molecule has 1 aromatic rings. The lowest BCUT2D eigenvalue weighted by Crippen LogP contribution is -2.40. The molecule has 0 aliphatic carbocycles. The van der Waals surface area contributed by atoms with Crippen molar-refractivity contribution in [1.82, 2.24) is 5.43 Å². The number of carbonyl (C=O) groups is 1. The third-order valence-corrected chi connectivity index (χ3v) is 3.71. The molecule has 0 aliphatic rings. The summed E-state index contributed by atoms with van der Waals surface area (Å²) in [7, 11) is 0. The van der Waals surface area contributed by atoms with Gasteiger partial charge in [0.05, 0.1) is 14.4 Å². The third kappa shape index (κ3) is 4.22. The van der Waals surface area contributed by atoms with Gasteiger partial charge in [0, 0.05) is 0 Å². The predicted molar refractivity (Wildman–Crippen MR) is 73.3 cm³/mol. The first-order chi connectivity index (χ1) is 7.84. The molecule has 17 heavy (non-hydrogen) atoms. The van der Waals surface area contributed by atoms with Gasteiger partial charge in [0.25, 0.3) is 5.91 Å². The van der Waals surface area contributed by atoms with Crippen LogP contribution in [0, 0.1) is 0 Å². The van der Waals surface area contributed by atoms with Crippen molar-refractivity contribution in [3.8, 4) is 0 Å². The quantitative estimate of drug-likeness (QED) is 0.662. The first-order valence-corrected chi connectivity index (χ1v) is 6.80. The molecule has 94 valence electrons.